The number of nitrogens with one attached hydrogen (secondary N) is 2. The standard InChI is InChI=1S/C19H21N3O4/c20-19(24)22-15(14-4-2-1-3-5-14)11-18(23)21-9-8-13-6-7-16-17(10-13)26-12-25-16/h1-7,10,15H,8-9,11-12H2,(H,21,23)(H3,20,22,24). The number of hydrogen-bond acceptors (Lipinski definition) is 4. The fourth-order valence-corrected chi connectivity index (χ4v) is 2.81. The molecule has 0 spiro atoms. The summed E-state index contributed by atoms with van der Waals surface area (Å²) in [5, 5.41) is 5.48. The number of carbonyl (C=O) groups is 2. The third-order valence-corrected chi connectivity index (χ3v) is 4.08. The average Bonchev–Trinajstić information content (AvgIpc) is 3.09. The molecule has 1 atom stereocenters. The Morgan fingerprint density at radius 2 is 1.85 bits per heavy atom. The maximum atomic E-state index is 12.2. The van der Waals surface area contributed by atoms with E-state index in [4.69, 9.17) is 15.2 Å². The van der Waals surface area contributed by atoms with Crippen LogP contribution < -0.4 is 25.8 Å². The molecule has 0 radical (unpaired) electrons. The van der Waals surface area contributed by atoms with Crippen LogP contribution in [0.5, 0.6) is 11.5 Å². The summed E-state index contributed by atoms with van der Waals surface area (Å²) in [6.45, 7) is 0.722. The number of rotatable bonds is 7. The lowest BCUT2D eigenvalue weighted by molar-refractivity contribution is -0.121. The Morgan fingerprint density at radius 3 is 2.62 bits per heavy atom. The normalized spacial score (nSPS) is 13.1. The van der Waals surface area contributed by atoms with Crippen molar-refractivity contribution < 1.29 is 19.1 Å². The Morgan fingerprint density at radius 1 is 1.08 bits per heavy atom. The molecule has 136 valence electrons. The molecule has 2 aromatic rings. The van der Waals surface area contributed by atoms with Crippen LogP contribution in [0.1, 0.15) is 23.6 Å². The van der Waals surface area contributed by atoms with Gasteiger partial charge < -0.3 is 25.8 Å². The molecule has 2 aromatic carbocycles. The Balaban J connectivity index is 1.51. The SMILES string of the molecule is NC(=O)NC(CC(=O)NCCc1ccc2c(c1)OCO2)c1ccccc1. The van der Waals surface area contributed by atoms with Gasteiger partial charge in [0.15, 0.2) is 11.5 Å². The lowest BCUT2D eigenvalue weighted by atomic mass is 10.0. The van der Waals surface area contributed by atoms with E-state index in [0.29, 0.717) is 13.0 Å². The minimum Gasteiger partial charge on any atom is -0.454 e. The summed E-state index contributed by atoms with van der Waals surface area (Å²) >= 11 is 0. The molecule has 0 bridgehead atoms. The molecule has 0 saturated heterocycles. The van der Waals surface area contributed by atoms with E-state index in [2.05, 4.69) is 10.6 Å². The first kappa shape index (κ1) is 17.6. The van der Waals surface area contributed by atoms with Gasteiger partial charge in [-0.3, -0.25) is 4.79 Å². The second kappa shape index (κ2) is 8.24. The lowest BCUT2D eigenvalue weighted by Gasteiger charge is -2.17. The van der Waals surface area contributed by atoms with Crippen molar-refractivity contribution in [2.75, 3.05) is 13.3 Å². The van der Waals surface area contributed by atoms with Crippen LogP contribution in [0, 0.1) is 0 Å². The maximum absolute atomic E-state index is 12.2. The third-order valence-electron chi connectivity index (χ3n) is 4.08. The van der Waals surface area contributed by atoms with Crippen molar-refractivity contribution in [2.45, 2.75) is 18.9 Å². The van der Waals surface area contributed by atoms with Gasteiger partial charge in [0, 0.05) is 6.54 Å². The van der Waals surface area contributed by atoms with Gasteiger partial charge in [-0.1, -0.05) is 36.4 Å². The van der Waals surface area contributed by atoms with E-state index in [1.165, 1.54) is 0 Å². The molecule has 0 aromatic heterocycles. The van der Waals surface area contributed by atoms with Crippen LogP contribution in [-0.2, 0) is 11.2 Å². The van der Waals surface area contributed by atoms with Gasteiger partial charge in [-0.25, -0.2) is 4.79 Å². The van der Waals surface area contributed by atoms with Crippen LogP contribution in [0.2, 0.25) is 0 Å². The zero-order chi connectivity index (χ0) is 18.4. The average molecular weight is 355 g/mol. The van der Waals surface area contributed by atoms with Crippen molar-refractivity contribution in [3.8, 4) is 11.5 Å². The van der Waals surface area contributed by atoms with E-state index in [-0.39, 0.29) is 19.1 Å². The summed E-state index contributed by atoms with van der Waals surface area (Å²) in [6.07, 6.45) is 0.787. The molecule has 3 amide bonds. The molecule has 1 aliphatic rings. The van der Waals surface area contributed by atoms with Gasteiger partial charge in [0.05, 0.1) is 12.5 Å². The van der Waals surface area contributed by atoms with E-state index < -0.39 is 12.1 Å². The first-order valence-corrected chi connectivity index (χ1v) is 8.38. The minimum atomic E-state index is -0.660. The van der Waals surface area contributed by atoms with Crippen molar-refractivity contribution in [1.82, 2.24) is 10.6 Å². The highest BCUT2D eigenvalue weighted by Gasteiger charge is 2.17. The summed E-state index contributed by atoms with van der Waals surface area (Å²) in [7, 11) is 0. The maximum Gasteiger partial charge on any atom is 0.312 e. The van der Waals surface area contributed by atoms with Gasteiger partial charge in [0.25, 0.3) is 0 Å². The van der Waals surface area contributed by atoms with E-state index >= 15 is 0 Å². The summed E-state index contributed by atoms with van der Waals surface area (Å²) in [5.74, 6) is 1.30. The van der Waals surface area contributed by atoms with Crippen LogP contribution >= 0.6 is 0 Å². The second-order valence-electron chi connectivity index (χ2n) is 5.96. The molecule has 0 aliphatic carbocycles. The molecule has 1 aliphatic heterocycles. The number of urea groups is 1. The quantitative estimate of drug-likeness (QED) is 0.705. The highest BCUT2D eigenvalue weighted by atomic mass is 16.7. The molecule has 3 rings (SSSR count). The van der Waals surface area contributed by atoms with Crippen molar-refractivity contribution >= 4 is 11.9 Å². The van der Waals surface area contributed by atoms with Crippen LogP contribution in [-0.4, -0.2) is 25.3 Å². The molecular formula is C19H21N3O4. The van der Waals surface area contributed by atoms with E-state index in [0.717, 1.165) is 22.6 Å². The number of primary amides is 1. The number of hydrogen-bond donors (Lipinski definition) is 3. The third kappa shape index (κ3) is 4.66. The van der Waals surface area contributed by atoms with Crippen molar-refractivity contribution in [2.24, 2.45) is 5.73 Å². The minimum absolute atomic E-state index is 0.119. The molecule has 1 heterocycles. The topological polar surface area (TPSA) is 103 Å². The molecule has 0 saturated carbocycles. The smallest absolute Gasteiger partial charge is 0.312 e. The Kier molecular flexibility index (Phi) is 5.58. The highest BCUT2D eigenvalue weighted by Crippen LogP contribution is 2.32. The highest BCUT2D eigenvalue weighted by molar-refractivity contribution is 5.78. The molecule has 7 heteroatoms. The number of amides is 3. The van der Waals surface area contributed by atoms with E-state index in [1.807, 2.05) is 48.5 Å². The largest absolute Gasteiger partial charge is 0.454 e. The van der Waals surface area contributed by atoms with Crippen LogP contribution in [0.15, 0.2) is 48.5 Å². The Labute approximate surface area is 151 Å². The Bertz CT molecular complexity index is 780. The number of benzene rings is 2. The fraction of sp³-hybridized carbons (Fsp3) is 0.263. The molecule has 7 nitrogen and oxygen atoms in total. The number of nitrogens with two attached hydrogens (primary N) is 1. The van der Waals surface area contributed by atoms with Crippen molar-refractivity contribution in [3.63, 3.8) is 0 Å². The van der Waals surface area contributed by atoms with E-state index in [1.54, 1.807) is 0 Å². The Hall–Kier alpha value is -3.22. The summed E-state index contributed by atoms with van der Waals surface area (Å²) in [4.78, 5) is 23.5. The molecule has 4 N–H and O–H groups in total. The van der Waals surface area contributed by atoms with Crippen LogP contribution in [0.25, 0.3) is 0 Å². The molecule has 1 unspecified atom stereocenters. The first-order valence-electron chi connectivity index (χ1n) is 8.38. The van der Waals surface area contributed by atoms with E-state index in [9.17, 15) is 9.59 Å². The monoisotopic (exact) mass is 355 g/mol. The summed E-state index contributed by atoms with van der Waals surface area (Å²) < 4.78 is 10.6. The zero-order valence-electron chi connectivity index (χ0n) is 14.2. The fourth-order valence-electron chi connectivity index (χ4n) is 2.81. The van der Waals surface area contributed by atoms with Gasteiger partial charge >= 0.3 is 6.03 Å². The van der Waals surface area contributed by atoms with Gasteiger partial charge in [-0.15, -0.1) is 0 Å². The van der Waals surface area contributed by atoms with Crippen LogP contribution in [0.4, 0.5) is 4.79 Å². The van der Waals surface area contributed by atoms with Gasteiger partial charge in [0.2, 0.25) is 12.7 Å². The van der Waals surface area contributed by atoms with Gasteiger partial charge in [-0.05, 0) is 29.7 Å². The molecule has 0 fully saturated rings. The molecule has 26 heavy (non-hydrogen) atoms. The first-order chi connectivity index (χ1) is 12.6. The zero-order valence-corrected chi connectivity index (χ0v) is 14.2. The molecular weight excluding hydrogens is 334 g/mol. The summed E-state index contributed by atoms with van der Waals surface area (Å²) in [6, 6.07) is 13.9. The lowest BCUT2D eigenvalue weighted by Crippen LogP contribution is -2.37. The van der Waals surface area contributed by atoms with Crippen molar-refractivity contribution in [3.05, 3.63) is 59.7 Å². The number of ether oxygens (including phenoxy) is 2. The predicted octanol–water partition coefficient (Wildman–Crippen LogP) is 1.87. The van der Waals surface area contributed by atoms with Crippen LogP contribution in [0.3, 0.4) is 0 Å². The van der Waals surface area contributed by atoms with Gasteiger partial charge in [0.1, 0.15) is 0 Å². The predicted molar refractivity (Wildman–Crippen MR) is 95.8 cm³/mol. The number of fused-ring (bicyclic) bond motifs is 1. The summed E-state index contributed by atoms with van der Waals surface area (Å²) in [5.41, 5.74) is 7.10. The van der Waals surface area contributed by atoms with Crippen molar-refractivity contribution in [1.29, 1.82) is 0 Å². The van der Waals surface area contributed by atoms with Gasteiger partial charge in [-0.2, -0.15) is 0 Å². The second-order valence-corrected chi connectivity index (χ2v) is 5.96. The number of carbonyl (C=O) groups excluding carboxylic acids is 2.